The number of hydrogen-bond donors (Lipinski definition) is 1. The third-order valence-electron chi connectivity index (χ3n) is 3.01. The van der Waals surface area contributed by atoms with Crippen LogP contribution >= 0.6 is 11.6 Å². The maximum absolute atomic E-state index is 12.4. The molecule has 0 atom stereocenters. The van der Waals surface area contributed by atoms with E-state index in [2.05, 4.69) is 9.71 Å². The summed E-state index contributed by atoms with van der Waals surface area (Å²) in [5.41, 5.74) is 0.808. The van der Waals surface area contributed by atoms with Crippen molar-refractivity contribution in [1.29, 1.82) is 0 Å². The minimum absolute atomic E-state index is 0.175. The second kappa shape index (κ2) is 5.35. The van der Waals surface area contributed by atoms with Gasteiger partial charge in [-0.1, -0.05) is 41.9 Å². The second-order valence-corrected chi connectivity index (χ2v) is 6.51. The molecule has 1 N–H and O–H groups in total. The van der Waals surface area contributed by atoms with Gasteiger partial charge in [0.05, 0.1) is 21.1 Å². The van der Waals surface area contributed by atoms with E-state index in [0.717, 1.165) is 5.39 Å². The number of aromatic nitrogens is 1. The second-order valence-electron chi connectivity index (χ2n) is 4.42. The average Bonchev–Trinajstić information content (AvgIpc) is 2.51. The SMILES string of the molecule is O=S(=O)(Nc1c(Cl)ccc2cccnc12)c1ccccc1. The van der Waals surface area contributed by atoms with Gasteiger partial charge in [0, 0.05) is 11.6 Å². The topological polar surface area (TPSA) is 59.1 Å². The predicted molar refractivity (Wildman–Crippen MR) is 84.0 cm³/mol. The molecule has 0 fully saturated rings. The van der Waals surface area contributed by atoms with Gasteiger partial charge in [-0.15, -0.1) is 0 Å². The Balaban J connectivity index is 2.12. The van der Waals surface area contributed by atoms with Gasteiger partial charge in [-0.25, -0.2) is 8.42 Å². The molecule has 0 spiro atoms. The third kappa shape index (κ3) is 2.70. The molecule has 0 amide bonds. The van der Waals surface area contributed by atoms with E-state index in [1.54, 1.807) is 42.6 Å². The van der Waals surface area contributed by atoms with Crippen LogP contribution in [0.25, 0.3) is 10.9 Å². The number of nitrogens with one attached hydrogen (secondary N) is 1. The molecule has 3 rings (SSSR count). The molecule has 0 aliphatic heterocycles. The molecule has 0 unspecified atom stereocenters. The molecule has 2 aromatic carbocycles. The highest BCUT2D eigenvalue weighted by molar-refractivity contribution is 7.92. The normalized spacial score (nSPS) is 11.5. The Kier molecular flexibility index (Phi) is 3.53. The van der Waals surface area contributed by atoms with Crippen LogP contribution in [0.5, 0.6) is 0 Å². The lowest BCUT2D eigenvalue weighted by Gasteiger charge is -2.11. The quantitative estimate of drug-likeness (QED) is 0.801. The van der Waals surface area contributed by atoms with E-state index in [-0.39, 0.29) is 4.90 Å². The highest BCUT2D eigenvalue weighted by Gasteiger charge is 2.17. The first kappa shape index (κ1) is 13.9. The maximum atomic E-state index is 12.4. The van der Waals surface area contributed by atoms with Crippen molar-refractivity contribution in [3.8, 4) is 0 Å². The Labute approximate surface area is 127 Å². The molecule has 6 heteroatoms. The lowest BCUT2D eigenvalue weighted by Crippen LogP contribution is -2.13. The molecule has 1 aromatic heterocycles. The lowest BCUT2D eigenvalue weighted by atomic mass is 10.2. The van der Waals surface area contributed by atoms with E-state index in [1.165, 1.54) is 12.1 Å². The monoisotopic (exact) mass is 318 g/mol. The Hall–Kier alpha value is -2.11. The first-order valence-electron chi connectivity index (χ1n) is 6.19. The van der Waals surface area contributed by atoms with Crippen molar-refractivity contribution in [2.45, 2.75) is 4.90 Å². The van der Waals surface area contributed by atoms with E-state index < -0.39 is 10.0 Å². The first-order chi connectivity index (χ1) is 10.1. The molecule has 0 bridgehead atoms. The van der Waals surface area contributed by atoms with Crippen LogP contribution in [-0.2, 0) is 10.0 Å². The molecule has 0 aliphatic carbocycles. The summed E-state index contributed by atoms with van der Waals surface area (Å²) < 4.78 is 27.3. The highest BCUT2D eigenvalue weighted by Crippen LogP contribution is 2.31. The van der Waals surface area contributed by atoms with Crippen molar-refractivity contribution in [2.24, 2.45) is 0 Å². The van der Waals surface area contributed by atoms with Gasteiger partial charge in [-0.2, -0.15) is 0 Å². The number of pyridine rings is 1. The van der Waals surface area contributed by atoms with E-state index in [9.17, 15) is 8.42 Å². The van der Waals surface area contributed by atoms with Crippen molar-refractivity contribution in [1.82, 2.24) is 4.98 Å². The van der Waals surface area contributed by atoms with Crippen LogP contribution in [0.4, 0.5) is 5.69 Å². The summed E-state index contributed by atoms with van der Waals surface area (Å²) in [6.45, 7) is 0. The third-order valence-corrected chi connectivity index (χ3v) is 4.69. The molecule has 106 valence electrons. The summed E-state index contributed by atoms with van der Waals surface area (Å²) in [7, 11) is -3.70. The van der Waals surface area contributed by atoms with E-state index in [0.29, 0.717) is 16.2 Å². The van der Waals surface area contributed by atoms with E-state index in [1.807, 2.05) is 6.07 Å². The number of rotatable bonds is 3. The van der Waals surface area contributed by atoms with Gasteiger partial charge in [0.15, 0.2) is 0 Å². The summed E-state index contributed by atoms with van der Waals surface area (Å²) >= 11 is 6.13. The summed E-state index contributed by atoms with van der Waals surface area (Å²) in [6.07, 6.45) is 1.60. The number of fused-ring (bicyclic) bond motifs is 1. The zero-order chi connectivity index (χ0) is 14.9. The van der Waals surface area contributed by atoms with E-state index in [4.69, 9.17) is 11.6 Å². The largest absolute Gasteiger partial charge is 0.276 e. The average molecular weight is 319 g/mol. The zero-order valence-corrected chi connectivity index (χ0v) is 12.4. The summed E-state index contributed by atoms with van der Waals surface area (Å²) in [5.74, 6) is 0. The van der Waals surface area contributed by atoms with Gasteiger partial charge in [-0.3, -0.25) is 9.71 Å². The van der Waals surface area contributed by atoms with Crippen LogP contribution in [0.2, 0.25) is 5.02 Å². The summed E-state index contributed by atoms with van der Waals surface area (Å²) in [6, 6.07) is 15.2. The number of sulfonamides is 1. The molecule has 1 heterocycles. The van der Waals surface area contributed by atoms with Crippen LogP contribution in [0.1, 0.15) is 0 Å². The maximum Gasteiger partial charge on any atom is 0.262 e. The van der Waals surface area contributed by atoms with Crippen molar-refractivity contribution in [3.63, 3.8) is 0 Å². The molecule has 0 aliphatic rings. The van der Waals surface area contributed by atoms with Gasteiger partial charge in [0.2, 0.25) is 0 Å². The van der Waals surface area contributed by atoms with Crippen LogP contribution in [0.15, 0.2) is 65.7 Å². The van der Waals surface area contributed by atoms with Gasteiger partial charge >= 0.3 is 0 Å². The highest BCUT2D eigenvalue weighted by atomic mass is 35.5. The molecular weight excluding hydrogens is 308 g/mol. The Bertz CT molecular complexity index is 896. The summed E-state index contributed by atoms with van der Waals surface area (Å²) in [5, 5.41) is 1.12. The van der Waals surface area contributed by atoms with Crippen molar-refractivity contribution in [2.75, 3.05) is 4.72 Å². The fourth-order valence-corrected chi connectivity index (χ4v) is 3.37. The van der Waals surface area contributed by atoms with Crippen molar-refractivity contribution < 1.29 is 8.42 Å². The Morgan fingerprint density at radius 3 is 2.48 bits per heavy atom. The fraction of sp³-hybridized carbons (Fsp3) is 0. The van der Waals surface area contributed by atoms with Gasteiger partial charge in [0.1, 0.15) is 0 Å². The molecule has 0 saturated carbocycles. The van der Waals surface area contributed by atoms with Crippen molar-refractivity contribution in [3.05, 3.63) is 65.8 Å². The smallest absolute Gasteiger partial charge is 0.262 e. The Morgan fingerprint density at radius 1 is 0.952 bits per heavy atom. The van der Waals surface area contributed by atoms with Crippen molar-refractivity contribution >= 4 is 38.2 Å². The number of halogens is 1. The minimum atomic E-state index is -3.70. The number of hydrogen-bond acceptors (Lipinski definition) is 3. The van der Waals surface area contributed by atoms with Crippen LogP contribution in [-0.4, -0.2) is 13.4 Å². The summed E-state index contributed by atoms with van der Waals surface area (Å²) in [4.78, 5) is 4.38. The Morgan fingerprint density at radius 2 is 1.71 bits per heavy atom. The molecule has 21 heavy (non-hydrogen) atoms. The zero-order valence-electron chi connectivity index (χ0n) is 10.8. The molecular formula is C15H11ClN2O2S. The number of benzene rings is 2. The standard InChI is InChI=1S/C15H11ClN2O2S/c16-13-9-8-11-5-4-10-17-14(11)15(13)18-21(19,20)12-6-2-1-3-7-12/h1-10,18H. The van der Waals surface area contributed by atoms with Crippen LogP contribution in [0.3, 0.4) is 0 Å². The fourth-order valence-electron chi connectivity index (χ4n) is 2.01. The molecule has 0 saturated heterocycles. The van der Waals surface area contributed by atoms with Gasteiger partial charge in [0.25, 0.3) is 10.0 Å². The van der Waals surface area contributed by atoms with Gasteiger partial charge < -0.3 is 0 Å². The predicted octanol–water partition coefficient (Wildman–Crippen LogP) is 3.69. The number of anilines is 1. The van der Waals surface area contributed by atoms with Crippen LogP contribution in [0, 0.1) is 0 Å². The molecule has 0 radical (unpaired) electrons. The first-order valence-corrected chi connectivity index (χ1v) is 8.05. The molecule has 4 nitrogen and oxygen atoms in total. The van der Waals surface area contributed by atoms with Gasteiger partial charge in [-0.05, 0) is 24.3 Å². The lowest BCUT2D eigenvalue weighted by molar-refractivity contribution is 0.601. The minimum Gasteiger partial charge on any atom is -0.276 e. The molecule has 3 aromatic rings. The van der Waals surface area contributed by atoms with E-state index >= 15 is 0 Å². The van der Waals surface area contributed by atoms with Crippen LogP contribution < -0.4 is 4.72 Å². The number of nitrogens with zero attached hydrogens (tertiary/aromatic N) is 1.